The fourth-order valence-electron chi connectivity index (χ4n) is 2.80. The Morgan fingerprint density at radius 3 is 0.891 bits per heavy atom. The molecule has 46 heavy (non-hydrogen) atoms. The van der Waals surface area contributed by atoms with Gasteiger partial charge in [-0.05, 0) is 18.2 Å². The molecule has 270 valence electrons. The maximum Gasteiger partial charge on any atom is 0.471 e. The summed E-state index contributed by atoms with van der Waals surface area (Å²) < 4.78 is 339. The van der Waals surface area contributed by atoms with Gasteiger partial charge in [0.1, 0.15) is 5.75 Å². The maximum atomic E-state index is 13.9. The van der Waals surface area contributed by atoms with Crippen molar-refractivity contribution in [2.45, 2.75) is 71.5 Å². The molecule has 3 nitrogen and oxygen atoms in total. The summed E-state index contributed by atoms with van der Waals surface area (Å²) >= 11 is 0. The highest BCUT2D eigenvalue weighted by atomic mass is 19.4. The van der Waals surface area contributed by atoms with Crippen molar-refractivity contribution in [1.29, 1.82) is 0 Å². The van der Waals surface area contributed by atoms with Gasteiger partial charge in [0.15, 0.2) is 0 Å². The summed E-state index contributed by atoms with van der Waals surface area (Å²) in [5.41, 5.74) is 7.95. The zero-order valence-electron chi connectivity index (χ0n) is 20.2. The van der Waals surface area contributed by atoms with Crippen molar-refractivity contribution in [3.8, 4) is 5.75 Å². The summed E-state index contributed by atoms with van der Waals surface area (Å²) in [5.74, 6) is -94.3. The molecule has 0 aliphatic rings. The third-order valence-corrected chi connectivity index (χ3v) is 5.54. The van der Waals surface area contributed by atoms with Gasteiger partial charge in [0.2, 0.25) is 0 Å². The number of alkyl halides is 25. The van der Waals surface area contributed by atoms with Crippen molar-refractivity contribution < 1.29 is 114 Å². The summed E-state index contributed by atoms with van der Waals surface area (Å²) in [7, 11) is 0. The summed E-state index contributed by atoms with van der Waals surface area (Å²) in [6, 6.07) is 0.583. The predicted octanol–water partition coefficient (Wildman–Crippen LogP) is 8.74. The van der Waals surface area contributed by atoms with Crippen LogP contribution in [0.15, 0.2) is 18.2 Å². The third-order valence-electron chi connectivity index (χ3n) is 5.54. The summed E-state index contributed by atoms with van der Waals surface area (Å²) in [6.45, 7) is 0. The van der Waals surface area contributed by atoms with Crippen LogP contribution in [0.1, 0.15) is 0 Å². The monoisotopic (exact) mass is 742 g/mol. The number of nitrogens with two attached hydrogens (primary N) is 2. The second kappa shape index (κ2) is 10.4. The normalized spacial score (nSPS) is 16.1. The third kappa shape index (κ3) is 5.01. The molecule has 0 aliphatic heterocycles. The number of hydrogen-bond donors (Lipinski definition) is 2. The Hall–Kier alpha value is -3.13. The molecule has 1 aromatic rings. The minimum Gasteiger partial charge on any atom is -0.426 e. The van der Waals surface area contributed by atoms with E-state index in [0.29, 0.717) is 6.07 Å². The predicted molar refractivity (Wildman–Crippen MR) is 96.4 cm³/mol. The van der Waals surface area contributed by atoms with Crippen molar-refractivity contribution in [3.05, 3.63) is 18.2 Å². The Morgan fingerprint density at radius 2 is 0.630 bits per heavy atom. The number of ether oxygens (including phenoxy) is 1. The van der Waals surface area contributed by atoms with Crippen LogP contribution >= 0.6 is 0 Å². The first kappa shape index (κ1) is 40.9. The van der Waals surface area contributed by atoms with Gasteiger partial charge in [-0.1, -0.05) is 0 Å². The Bertz CT molecular complexity index is 1280. The molecule has 0 atom stereocenters. The Kier molecular flexibility index (Phi) is 9.28. The Morgan fingerprint density at radius 1 is 0.370 bits per heavy atom. The number of anilines is 2. The molecule has 0 fully saturated rings. The van der Waals surface area contributed by atoms with Crippen molar-refractivity contribution in [2.75, 3.05) is 11.5 Å². The number of halogens is 25. The Labute approximate surface area is 234 Å². The van der Waals surface area contributed by atoms with Crippen LogP contribution in [0.2, 0.25) is 0 Å². The molecule has 1 aromatic carbocycles. The van der Waals surface area contributed by atoms with Crippen molar-refractivity contribution in [3.63, 3.8) is 0 Å². The van der Waals surface area contributed by atoms with Crippen LogP contribution in [-0.2, 0) is 0 Å². The first-order chi connectivity index (χ1) is 19.6. The highest BCUT2D eigenvalue weighted by Gasteiger charge is 2.99. The van der Waals surface area contributed by atoms with E-state index in [0.717, 1.165) is 0 Å². The molecule has 4 N–H and O–H groups in total. The average Bonchev–Trinajstić information content (AvgIpc) is 2.83. The lowest BCUT2D eigenvalue weighted by atomic mass is 9.85. The van der Waals surface area contributed by atoms with E-state index < -0.39 is 88.6 Å². The number of hydrogen-bond acceptors (Lipinski definition) is 3. The van der Waals surface area contributed by atoms with Crippen LogP contribution in [-0.4, -0.2) is 71.5 Å². The smallest absolute Gasteiger partial charge is 0.426 e. The van der Waals surface area contributed by atoms with Crippen LogP contribution in [0.5, 0.6) is 5.75 Å². The van der Waals surface area contributed by atoms with Gasteiger partial charge >= 0.3 is 71.5 Å². The summed E-state index contributed by atoms with van der Waals surface area (Å²) in [4.78, 5) is 0. The van der Waals surface area contributed by atoms with Crippen molar-refractivity contribution in [2.24, 2.45) is 0 Å². The van der Waals surface area contributed by atoms with Gasteiger partial charge < -0.3 is 16.2 Å². The highest BCUT2D eigenvalue weighted by molar-refractivity contribution is 5.60. The summed E-state index contributed by atoms with van der Waals surface area (Å²) in [6.07, 6.45) is -15.6. The fourth-order valence-corrected chi connectivity index (χ4v) is 2.80. The molecule has 0 aliphatic carbocycles. The molecule has 0 heterocycles. The molecule has 0 saturated heterocycles. The average molecular weight is 742 g/mol. The van der Waals surface area contributed by atoms with Gasteiger partial charge in [0.25, 0.3) is 0 Å². The molecule has 0 unspecified atom stereocenters. The Balaban J connectivity index is 3.85. The van der Waals surface area contributed by atoms with Crippen LogP contribution < -0.4 is 16.2 Å². The van der Waals surface area contributed by atoms with E-state index >= 15 is 0 Å². The highest BCUT2D eigenvalue weighted by Crippen LogP contribution is 2.67. The molecule has 1 rings (SSSR count). The lowest BCUT2D eigenvalue weighted by Crippen LogP contribution is -2.78. The molecular formula is C18H7F25N2O. The minimum atomic E-state index is -9.65. The van der Waals surface area contributed by atoms with Gasteiger partial charge in [-0.2, -0.15) is 110 Å². The molecule has 0 aromatic heterocycles. The van der Waals surface area contributed by atoms with E-state index in [9.17, 15) is 110 Å². The van der Waals surface area contributed by atoms with Gasteiger partial charge in [-0.15, -0.1) is 0 Å². The minimum absolute atomic E-state index is 0.0470. The van der Waals surface area contributed by atoms with E-state index in [1.807, 2.05) is 0 Å². The SMILES string of the molecule is Nc1ccc(OC(F)(F)C(F)(F)C(F)(F)C(F)(F)C(F)(F)C(F)(F)C(F)(F)C(F)(F)C(F)(F)C(F)(F)C(F)(F)C(F)(F)F)c(N)c1. The van der Waals surface area contributed by atoms with E-state index in [1.54, 1.807) is 0 Å². The zero-order valence-corrected chi connectivity index (χ0v) is 20.2. The molecule has 0 bridgehead atoms. The molecule has 0 radical (unpaired) electrons. The quantitative estimate of drug-likeness (QED) is 0.167. The van der Waals surface area contributed by atoms with E-state index in [-0.39, 0.29) is 12.1 Å². The lowest BCUT2D eigenvalue weighted by molar-refractivity contribution is -0.486. The van der Waals surface area contributed by atoms with Crippen LogP contribution in [0.25, 0.3) is 0 Å². The van der Waals surface area contributed by atoms with Crippen molar-refractivity contribution >= 4 is 11.4 Å². The van der Waals surface area contributed by atoms with Crippen molar-refractivity contribution in [1.82, 2.24) is 0 Å². The van der Waals surface area contributed by atoms with Crippen LogP contribution in [0, 0.1) is 0 Å². The standard InChI is InChI=1S/C18H7F25N2O/c19-7(20,9(23,24)11(27,28)13(31,32)15(35,36)17(39,40)41)8(21,22)10(25,26)12(29,30)14(33,34)16(37,38)18(42,43)46-6-2-1-4(44)3-5(6)45/h1-3H,44-45H2. The zero-order chi connectivity index (χ0) is 37.6. The molecule has 0 saturated carbocycles. The van der Waals surface area contributed by atoms with E-state index in [1.165, 1.54) is 0 Å². The first-order valence-corrected chi connectivity index (χ1v) is 10.2. The van der Waals surface area contributed by atoms with E-state index in [4.69, 9.17) is 11.5 Å². The first-order valence-electron chi connectivity index (χ1n) is 10.2. The molecule has 28 heteroatoms. The van der Waals surface area contributed by atoms with Gasteiger partial charge in [-0.3, -0.25) is 0 Å². The molecule has 0 amide bonds. The van der Waals surface area contributed by atoms with Gasteiger partial charge in [-0.25, -0.2) is 0 Å². The molecular weight excluding hydrogens is 735 g/mol. The number of nitrogen functional groups attached to an aromatic ring is 2. The van der Waals surface area contributed by atoms with E-state index in [2.05, 4.69) is 4.74 Å². The summed E-state index contributed by atoms with van der Waals surface area (Å²) in [5, 5.41) is 0. The van der Waals surface area contributed by atoms with Crippen LogP contribution in [0.3, 0.4) is 0 Å². The fraction of sp³-hybridized carbons (Fsp3) is 0.667. The number of rotatable bonds is 12. The topological polar surface area (TPSA) is 61.3 Å². The second-order valence-electron chi connectivity index (χ2n) is 8.66. The lowest BCUT2D eigenvalue weighted by Gasteiger charge is -2.45. The van der Waals surface area contributed by atoms with Gasteiger partial charge in [0, 0.05) is 5.69 Å². The maximum absolute atomic E-state index is 13.9. The number of benzene rings is 1. The molecule has 0 spiro atoms. The van der Waals surface area contributed by atoms with Gasteiger partial charge in [0.05, 0.1) is 5.69 Å². The van der Waals surface area contributed by atoms with Crippen LogP contribution in [0.4, 0.5) is 121 Å². The largest absolute Gasteiger partial charge is 0.471 e. The second-order valence-corrected chi connectivity index (χ2v) is 8.66.